The predicted molar refractivity (Wildman–Crippen MR) is 92.7 cm³/mol. The highest BCUT2D eigenvalue weighted by Gasteiger charge is 2.31. The first kappa shape index (κ1) is 17.4. The molecule has 0 aromatic carbocycles. The molecule has 2 aliphatic heterocycles. The summed E-state index contributed by atoms with van der Waals surface area (Å²) < 4.78 is 11.7. The van der Waals surface area contributed by atoms with Crippen LogP contribution in [0.4, 0.5) is 0 Å². The summed E-state index contributed by atoms with van der Waals surface area (Å²) in [6, 6.07) is 0. The SMILES string of the molecule is C=C1N=C(N(C)CC)C=CN1[C@H]1CS[C@@H](COCCCC)O1. The molecule has 0 radical (unpaired) electrons. The first-order valence-corrected chi connectivity index (χ1v) is 9.00. The van der Waals surface area contributed by atoms with Crippen molar-refractivity contribution in [3.05, 3.63) is 24.7 Å². The zero-order valence-electron chi connectivity index (χ0n) is 13.8. The molecule has 1 saturated heterocycles. The van der Waals surface area contributed by atoms with E-state index in [1.807, 2.05) is 24.2 Å². The van der Waals surface area contributed by atoms with Crippen molar-refractivity contribution in [2.45, 2.75) is 38.4 Å². The fraction of sp³-hybridized carbons (Fsp3) is 0.688. The molecule has 2 rings (SSSR count). The number of likely N-dealkylation sites (N-methyl/N-ethyl adjacent to an activating group) is 1. The number of thioether (sulfide) groups is 1. The second-order valence-corrected chi connectivity index (χ2v) is 6.60. The molecule has 2 atom stereocenters. The summed E-state index contributed by atoms with van der Waals surface area (Å²) in [6.45, 7) is 10.7. The van der Waals surface area contributed by atoms with E-state index in [-0.39, 0.29) is 11.7 Å². The Kier molecular flexibility index (Phi) is 6.79. The summed E-state index contributed by atoms with van der Waals surface area (Å²) in [6.07, 6.45) is 6.28. The van der Waals surface area contributed by atoms with Gasteiger partial charge in [-0.25, -0.2) is 4.99 Å². The number of unbranched alkanes of at least 4 members (excludes halogenated alkanes) is 1. The van der Waals surface area contributed by atoms with Crippen LogP contribution in [0.3, 0.4) is 0 Å². The van der Waals surface area contributed by atoms with Crippen LogP contribution in [-0.2, 0) is 9.47 Å². The fourth-order valence-electron chi connectivity index (χ4n) is 2.20. The first-order valence-electron chi connectivity index (χ1n) is 7.95. The first-order chi connectivity index (χ1) is 10.7. The molecular weight excluding hydrogens is 298 g/mol. The molecular formula is C16H27N3O2S. The van der Waals surface area contributed by atoms with Crippen LogP contribution in [0.5, 0.6) is 0 Å². The van der Waals surface area contributed by atoms with Crippen molar-refractivity contribution in [3.8, 4) is 0 Å². The number of rotatable bonds is 7. The zero-order valence-corrected chi connectivity index (χ0v) is 14.6. The van der Waals surface area contributed by atoms with Gasteiger partial charge >= 0.3 is 0 Å². The zero-order chi connectivity index (χ0) is 15.9. The van der Waals surface area contributed by atoms with Crippen LogP contribution in [-0.4, -0.2) is 59.9 Å². The predicted octanol–water partition coefficient (Wildman–Crippen LogP) is 2.87. The molecule has 22 heavy (non-hydrogen) atoms. The van der Waals surface area contributed by atoms with E-state index in [1.54, 1.807) is 11.8 Å². The summed E-state index contributed by atoms with van der Waals surface area (Å²) in [5.41, 5.74) is 0.103. The Morgan fingerprint density at radius 1 is 1.55 bits per heavy atom. The van der Waals surface area contributed by atoms with Crippen molar-refractivity contribution < 1.29 is 9.47 Å². The van der Waals surface area contributed by atoms with Gasteiger partial charge in [-0.3, -0.25) is 0 Å². The third kappa shape index (κ3) is 4.51. The topological polar surface area (TPSA) is 37.3 Å². The highest BCUT2D eigenvalue weighted by Crippen LogP contribution is 2.30. The van der Waals surface area contributed by atoms with Gasteiger partial charge < -0.3 is 19.3 Å². The minimum Gasteiger partial charge on any atom is -0.378 e. The lowest BCUT2D eigenvalue weighted by molar-refractivity contribution is -0.0388. The molecule has 0 saturated carbocycles. The fourth-order valence-corrected chi connectivity index (χ4v) is 3.22. The molecule has 5 nitrogen and oxygen atoms in total. The van der Waals surface area contributed by atoms with Crippen LogP contribution in [0.25, 0.3) is 0 Å². The van der Waals surface area contributed by atoms with E-state index in [9.17, 15) is 0 Å². The highest BCUT2D eigenvalue weighted by molar-refractivity contribution is 8.00. The Balaban J connectivity index is 1.81. The minimum atomic E-state index is -0.00856. The van der Waals surface area contributed by atoms with Crippen LogP contribution in [0, 0.1) is 0 Å². The third-order valence-corrected chi connectivity index (χ3v) is 4.83. The van der Waals surface area contributed by atoms with Gasteiger partial charge in [0.25, 0.3) is 0 Å². The summed E-state index contributed by atoms with van der Waals surface area (Å²) >= 11 is 1.79. The van der Waals surface area contributed by atoms with Crippen molar-refractivity contribution in [1.29, 1.82) is 0 Å². The van der Waals surface area contributed by atoms with E-state index in [0.29, 0.717) is 6.61 Å². The molecule has 2 heterocycles. The van der Waals surface area contributed by atoms with E-state index in [1.165, 1.54) is 0 Å². The van der Waals surface area contributed by atoms with E-state index in [4.69, 9.17) is 9.47 Å². The molecule has 0 aliphatic carbocycles. The van der Waals surface area contributed by atoms with Gasteiger partial charge in [0.15, 0.2) is 0 Å². The molecule has 0 aromatic heterocycles. The molecule has 2 aliphatic rings. The van der Waals surface area contributed by atoms with Gasteiger partial charge in [-0.2, -0.15) is 0 Å². The summed E-state index contributed by atoms with van der Waals surface area (Å²) in [5.74, 6) is 2.57. The van der Waals surface area contributed by atoms with Gasteiger partial charge in [0.1, 0.15) is 23.3 Å². The van der Waals surface area contributed by atoms with Crippen molar-refractivity contribution in [3.63, 3.8) is 0 Å². The quantitative estimate of drug-likeness (QED) is 0.673. The number of nitrogens with zero attached hydrogens (tertiary/aromatic N) is 3. The summed E-state index contributed by atoms with van der Waals surface area (Å²) in [5, 5.41) is 0. The number of ether oxygens (including phenoxy) is 2. The number of amidine groups is 1. The number of hydrogen-bond acceptors (Lipinski definition) is 6. The monoisotopic (exact) mass is 325 g/mol. The molecule has 0 unspecified atom stereocenters. The van der Waals surface area contributed by atoms with Crippen LogP contribution in [0.1, 0.15) is 26.7 Å². The third-order valence-electron chi connectivity index (χ3n) is 3.73. The molecule has 0 spiro atoms. The standard InChI is InChI=1S/C16H27N3O2S/c1-5-7-10-20-11-16-21-15(12-22-16)19-9-8-14(17-13(19)3)18(4)6-2/h8-9,15-16H,3,5-7,10-12H2,1-2,4H3/t15-,16+/m1/s1. The Morgan fingerprint density at radius 2 is 2.36 bits per heavy atom. The maximum Gasteiger partial charge on any atom is 0.145 e. The molecule has 6 heteroatoms. The van der Waals surface area contributed by atoms with Crippen LogP contribution >= 0.6 is 11.8 Å². The Hall–Kier alpha value is -0.980. The lowest BCUT2D eigenvalue weighted by Crippen LogP contribution is -2.36. The van der Waals surface area contributed by atoms with Gasteiger partial charge in [0, 0.05) is 32.2 Å². The second kappa shape index (κ2) is 8.60. The molecule has 124 valence electrons. The molecule has 1 fully saturated rings. The molecule has 0 N–H and O–H groups in total. The maximum absolute atomic E-state index is 6.04. The van der Waals surface area contributed by atoms with Gasteiger partial charge in [-0.05, 0) is 19.4 Å². The Morgan fingerprint density at radius 3 is 3.05 bits per heavy atom. The average Bonchev–Trinajstić information content (AvgIpc) is 2.99. The Labute approximate surface area is 138 Å². The average molecular weight is 325 g/mol. The lowest BCUT2D eigenvalue weighted by Gasteiger charge is -2.30. The van der Waals surface area contributed by atoms with Crippen molar-refractivity contribution in [2.24, 2.45) is 4.99 Å². The summed E-state index contributed by atoms with van der Waals surface area (Å²) in [4.78, 5) is 8.65. The maximum atomic E-state index is 6.04. The van der Waals surface area contributed by atoms with Gasteiger partial charge in [0.05, 0.1) is 6.61 Å². The van der Waals surface area contributed by atoms with E-state index >= 15 is 0 Å². The largest absolute Gasteiger partial charge is 0.378 e. The molecule has 0 aromatic rings. The van der Waals surface area contributed by atoms with Crippen molar-refractivity contribution >= 4 is 17.6 Å². The van der Waals surface area contributed by atoms with Gasteiger partial charge in [-0.1, -0.05) is 19.9 Å². The van der Waals surface area contributed by atoms with E-state index < -0.39 is 0 Å². The number of hydrogen-bond donors (Lipinski definition) is 0. The number of aliphatic imine (C=N–C) groups is 1. The van der Waals surface area contributed by atoms with E-state index in [2.05, 4.69) is 30.3 Å². The minimum absolute atomic E-state index is 0.00856. The smallest absolute Gasteiger partial charge is 0.145 e. The molecule has 0 amide bonds. The highest BCUT2D eigenvalue weighted by atomic mass is 32.2. The van der Waals surface area contributed by atoms with Crippen molar-refractivity contribution in [1.82, 2.24) is 9.80 Å². The van der Waals surface area contributed by atoms with Gasteiger partial charge in [0.2, 0.25) is 0 Å². The van der Waals surface area contributed by atoms with Crippen molar-refractivity contribution in [2.75, 3.05) is 32.6 Å². The molecule has 0 bridgehead atoms. The van der Waals surface area contributed by atoms with Crippen LogP contribution in [0.15, 0.2) is 29.7 Å². The van der Waals surface area contributed by atoms with Crippen LogP contribution < -0.4 is 0 Å². The van der Waals surface area contributed by atoms with E-state index in [0.717, 1.165) is 43.4 Å². The second-order valence-electron chi connectivity index (χ2n) is 5.41. The summed E-state index contributed by atoms with van der Waals surface area (Å²) in [7, 11) is 2.03. The van der Waals surface area contributed by atoms with Gasteiger partial charge in [-0.15, -0.1) is 11.8 Å². The van der Waals surface area contributed by atoms with Crippen LogP contribution in [0.2, 0.25) is 0 Å². The normalized spacial score (nSPS) is 24.8. The lowest BCUT2D eigenvalue weighted by atomic mass is 10.3. The Bertz CT molecular complexity index is 439.